The number of anilines is 2. The van der Waals surface area contributed by atoms with E-state index in [9.17, 15) is 4.79 Å². The molecule has 4 rings (SSSR count). The molecule has 1 saturated heterocycles. The number of pyridine rings is 1. The number of piperazine rings is 1. The van der Waals surface area contributed by atoms with Crippen molar-refractivity contribution in [3.8, 4) is 5.75 Å². The van der Waals surface area contributed by atoms with E-state index in [4.69, 9.17) is 4.74 Å². The SMILES string of the molecule is CCOc1cc2nc(C)cn2cc1C(=O)Nc1ccc(N2CCNCC2)nn1. The molecule has 1 aliphatic heterocycles. The van der Waals surface area contributed by atoms with Crippen molar-refractivity contribution in [1.82, 2.24) is 24.9 Å². The van der Waals surface area contributed by atoms with Crippen molar-refractivity contribution in [2.24, 2.45) is 0 Å². The Kier molecular flexibility index (Phi) is 5.07. The maximum Gasteiger partial charge on any atom is 0.262 e. The van der Waals surface area contributed by atoms with Crippen LogP contribution in [-0.2, 0) is 0 Å². The summed E-state index contributed by atoms with van der Waals surface area (Å²) in [6, 6.07) is 5.41. The zero-order valence-electron chi connectivity index (χ0n) is 16.0. The van der Waals surface area contributed by atoms with Gasteiger partial charge in [-0.2, -0.15) is 0 Å². The number of amides is 1. The molecule has 9 nitrogen and oxygen atoms in total. The number of hydrogen-bond acceptors (Lipinski definition) is 7. The fourth-order valence-electron chi connectivity index (χ4n) is 3.23. The first-order valence-corrected chi connectivity index (χ1v) is 9.37. The normalized spacial score (nSPS) is 14.3. The fourth-order valence-corrected chi connectivity index (χ4v) is 3.23. The molecule has 2 N–H and O–H groups in total. The van der Waals surface area contributed by atoms with Gasteiger partial charge in [-0.1, -0.05) is 0 Å². The van der Waals surface area contributed by atoms with Crippen LogP contribution in [0.4, 0.5) is 11.6 Å². The Labute approximate surface area is 162 Å². The monoisotopic (exact) mass is 381 g/mol. The Morgan fingerprint density at radius 3 is 2.79 bits per heavy atom. The van der Waals surface area contributed by atoms with Crippen LogP contribution in [0.3, 0.4) is 0 Å². The number of aromatic nitrogens is 4. The fraction of sp³-hybridized carbons (Fsp3) is 0.368. The number of carbonyl (C=O) groups excluding carboxylic acids is 1. The van der Waals surface area contributed by atoms with E-state index in [-0.39, 0.29) is 5.91 Å². The van der Waals surface area contributed by atoms with Crippen LogP contribution in [0.15, 0.2) is 30.6 Å². The quantitative estimate of drug-likeness (QED) is 0.691. The minimum absolute atomic E-state index is 0.305. The van der Waals surface area contributed by atoms with Crippen LogP contribution >= 0.6 is 0 Å². The number of imidazole rings is 1. The van der Waals surface area contributed by atoms with E-state index in [0.717, 1.165) is 43.3 Å². The third-order valence-electron chi connectivity index (χ3n) is 4.55. The summed E-state index contributed by atoms with van der Waals surface area (Å²) < 4.78 is 7.46. The van der Waals surface area contributed by atoms with Crippen LogP contribution in [0.2, 0.25) is 0 Å². The average Bonchev–Trinajstić information content (AvgIpc) is 3.08. The molecule has 0 spiro atoms. The molecule has 0 unspecified atom stereocenters. The van der Waals surface area contributed by atoms with Gasteiger partial charge in [-0.25, -0.2) is 4.98 Å². The summed E-state index contributed by atoms with van der Waals surface area (Å²) in [5.41, 5.74) is 2.02. The van der Waals surface area contributed by atoms with E-state index in [1.165, 1.54) is 0 Å². The second kappa shape index (κ2) is 7.81. The molecule has 0 radical (unpaired) electrons. The van der Waals surface area contributed by atoms with E-state index in [2.05, 4.69) is 30.7 Å². The largest absolute Gasteiger partial charge is 0.493 e. The van der Waals surface area contributed by atoms with Crippen molar-refractivity contribution in [1.29, 1.82) is 0 Å². The van der Waals surface area contributed by atoms with Crippen molar-refractivity contribution < 1.29 is 9.53 Å². The lowest BCUT2D eigenvalue weighted by atomic mass is 10.2. The van der Waals surface area contributed by atoms with Gasteiger partial charge in [0.1, 0.15) is 11.4 Å². The van der Waals surface area contributed by atoms with Crippen LogP contribution in [0.1, 0.15) is 23.0 Å². The molecule has 28 heavy (non-hydrogen) atoms. The van der Waals surface area contributed by atoms with Crippen molar-refractivity contribution in [3.63, 3.8) is 0 Å². The number of hydrogen-bond donors (Lipinski definition) is 2. The standard InChI is InChI=1S/C19H23N7O2/c1-3-28-15-10-18-21-13(2)11-26(18)12-14(15)19(27)22-16-4-5-17(24-23-16)25-8-6-20-7-9-25/h4-5,10-12,20H,3,6-9H2,1-2H3,(H,22,23,27). The Balaban J connectivity index is 1.54. The van der Waals surface area contributed by atoms with Gasteiger partial charge in [0.05, 0.1) is 17.9 Å². The van der Waals surface area contributed by atoms with Crippen LogP contribution in [0, 0.1) is 6.92 Å². The molecule has 1 aliphatic rings. The predicted molar refractivity (Wildman–Crippen MR) is 106 cm³/mol. The summed E-state index contributed by atoms with van der Waals surface area (Å²) in [7, 11) is 0. The van der Waals surface area contributed by atoms with Crippen LogP contribution in [0.5, 0.6) is 5.75 Å². The average molecular weight is 381 g/mol. The molecular weight excluding hydrogens is 358 g/mol. The second-order valence-corrected chi connectivity index (χ2v) is 6.60. The lowest BCUT2D eigenvalue weighted by Crippen LogP contribution is -2.43. The van der Waals surface area contributed by atoms with Crippen molar-refractivity contribution in [3.05, 3.63) is 41.9 Å². The number of nitrogens with zero attached hydrogens (tertiary/aromatic N) is 5. The Bertz CT molecular complexity index is 978. The van der Waals surface area contributed by atoms with Gasteiger partial charge in [0, 0.05) is 44.6 Å². The van der Waals surface area contributed by atoms with E-state index in [0.29, 0.717) is 23.7 Å². The van der Waals surface area contributed by atoms with Crippen molar-refractivity contribution >= 4 is 23.2 Å². The molecule has 0 aliphatic carbocycles. The van der Waals surface area contributed by atoms with E-state index < -0.39 is 0 Å². The molecule has 3 aromatic heterocycles. The molecule has 3 aromatic rings. The molecular formula is C19H23N7O2. The van der Waals surface area contributed by atoms with E-state index in [1.807, 2.05) is 30.5 Å². The number of nitrogens with one attached hydrogen (secondary N) is 2. The highest BCUT2D eigenvalue weighted by Crippen LogP contribution is 2.23. The van der Waals surface area contributed by atoms with Gasteiger partial charge in [-0.15, -0.1) is 10.2 Å². The van der Waals surface area contributed by atoms with Gasteiger partial charge in [0.2, 0.25) is 0 Å². The number of ether oxygens (including phenoxy) is 1. The first-order valence-electron chi connectivity index (χ1n) is 9.37. The maximum atomic E-state index is 12.8. The number of aryl methyl sites for hydroxylation is 1. The number of fused-ring (bicyclic) bond motifs is 1. The lowest BCUT2D eigenvalue weighted by molar-refractivity contribution is 0.102. The third-order valence-corrected chi connectivity index (χ3v) is 4.55. The first-order chi connectivity index (χ1) is 13.6. The van der Waals surface area contributed by atoms with Crippen molar-refractivity contribution in [2.75, 3.05) is 43.0 Å². The third kappa shape index (κ3) is 3.74. The van der Waals surface area contributed by atoms with Crippen molar-refractivity contribution in [2.45, 2.75) is 13.8 Å². The number of carbonyl (C=O) groups is 1. The van der Waals surface area contributed by atoms with Gasteiger partial charge >= 0.3 is 0 Å². The summed E-state index contributed by atoms with van der Waals surface area (Å²) >= 11 is 0. The molecule has 9 heteroatoms. The van der Waals surface area contributed by atoms with Crippen LogP contribution in [0.25, 0.3) is 5.65 Å². The Morgan fingerprint density at radius 1 is 1.25 bits per heavy atom. The first kappa shape index (κ1) is 18.2. The highest BCUT2D eigenvalue weighted by molar-refractivity contribution is 6.05. The molecule has 1 amide bonds. The van der Waals surface area contributed by atoms with Gasteiger partial charge in [-0.05, 0) is 26.0 Å². The molecule has 0 saturated carbocycles. The highest BCUT2D eigenvalue weighted by Gasteiger charge is 2.17. The molecule has 0 aromatic carbocycles. The summed E-state index contributed by atoms with van der Waals surface area (Å²) in [5, 5.41) is 14.5. The second-order valence-electron chi connectivity index (χ2n) is 6.60. The van der Waals surface area contributed by atoms with Gasteiger partial charge < -0.3 is 24.7 Å². The van der Waals surface area contributed by atoms with Crippen LogP contribution < -0.4 is 20.3 Å². The minimum atomic E-state index is -0.305. The van der Waals surface area contributed by atoms with Gasteiger partial charge in [0.15, 0.2) is 11.6 Å². The zero-order chi connectivity index (χ0) is 19.5. The summed E-state index contributed by atoms with van der Waals surface area (Å²) in [4.78, 5) is 19.4. The smallest absolute Gasteiger partial charge is 0.262 e. The van der Waals surface area contributed by atoms with Crippen LogP contribution in [-0.4, -0.2) is 58.3 Å². The highest BCUT2D eigenvalue weighted by atomic mass is 16.5. The Hall–Kier alpha value is -3.20. The maximum absolute atomic E-state index is 12.8. The molecule has 0 bridgehead atoms. The van der Waals surface area contributed by atoms with Gasteiger partial charge in [0.25, 0.3) is 5.91 Å². The summed E-state index contributed by atoms with van der Waals surface area (Å²) in [6.07, 6.45) is 3.59. The summed E-state index contributed by atoms with van der Waals surface area (Å²) in [5.74, 6) is 1.39. The molecule has 4 heterocycles. The number of rotatable bonds is 5. The Morgan fingerprint density at radius 2 is 2.07 bits per heavy atom. The molecule has 0 atom stereocenters. The molecule has 1 fully saturated rings. The zero-order valence-corrected chi connectivity index (χ0v) is 16.0. The molecule has 146 valence electrons. The van der Waals surface area contributed by atoms with Gasteiger partial charge in [-0.3, -0.25) is 4.79 Å². The minimum Gasteiger partial charge on any atom is -0.493 e. The topological polar surface area (TPSA) is 96.7 Å². The van der Waals surface area contributed by atoms with E-state index in [1.54, 1.807) is 18.3 Å². The summed E-state index contributed by atoms with van der Waals surface area (Å²) in [6.45, 7) is 7.87. The predicted octanol–water partition coefficient (Wildman–Crippen LogP) is 1.49. The van der Waals surface area contributed by atoms with E-state index >= 15 is 0 Å². The lowest BCUT2D eigenvalue weighted by Gasteiger charge is -2.27.